The van der Waals surface area contributed by atoms with Crippen molar-refractivity contribution in [1.29, 1.82) is 0 Å². The second kappa shape index (κ2) is 5.22. The molecule has 0 aliphatic carbocycles. The summed E-state index contributed by atoms with van der Waals surface area (Å²) in [5.74, 6) is -0.0418. The van der Waals surface area contributed by atoms with Crippen LogP contribution in [0.15, 0.2) is 27.6 Å². The minimum Gasteiger partial charge on any atom is -0.378 e. The average molecular weight is 299 g/mol. The van der Waals surface area contributed by atoms with Crippen LogP contribution in [0.1, 0.15) is 17.0 Å². The van der Waals surface area contributed by atoms with Gasteiger partial charge >= 0.3 is 0 Å². The first-order valence-electron chi connectivity index (χ1n) is 5.77. The molecule has 2 rings (SSSR count). The Morgan fingerprint density at radius 1 is 1.40 bits per heavy atom. The third kappa shape index (κ3) is 2.97. The Morgan fingerprint density at radius 3 is 2.60 bits per heavy atom. The molecule has 6 nitrogen and oxygen atoms in total. The summed E-state index contributed by atoms with van der Waals surface area (Å²) in [6.45, 7) is 3.87. The highest BCUT2D eigenvalue weighted by Gasteiger charge is 2.13. The van der Waals surface area contributed by atoms with Gasteiger partial charge in [0.2, 0.25) is 10.0 Å². The molecule has 0 unspecified atom stereocenters. The monoisotopic (exact) mass is 299 g/mol. The quantitative estimate of drug-likeness (QED) is 0.895. The summed E-state index contributed by atoms with van der Waals surface area (Å²) < 4.78 is 41.0. The lowest BCUT2D eigenvalue weighted by Gasteiger charge is -2.08. The molecule has 108 valence electrons. The van der Waals surface area contributed by atoms with Gasteiger partial charge in [-0.15, -0.1) is 0 Å². The first-order valence-corrected chi connectivity index (χ1v) is 7.31. The molecule has 1 aromatic heterocycles. The summed E-state index contributed by atoms with van der Waals surface area (Å²) in [5.41, 5.74) is 1.73. The van der Waals surface area contributed by atoms with E-state index in [1.54, 1.807) is 13.8 Å². The SMILES string of the molecule is Cc1noc(C)c1CNc1ccc(S(N)(=O)=O)cc1F. The lowest BCUT2D eigenvalue weighted by molar-refractivity contribution is 0.392. The lowest BCUT2D eigenvalue weighted by Crippen LogP contribution is -2.13. The molecule has 1 aromatic carbocycles. The molecule has 0 radical (unpaired) electrons. The molecular formula is C12H14FN3O3S. The van der Waals surface area contributed by atoms with Crippen LogP contribution in [-0.4, -0.2) is 13.6 Å². The van der Waals surface area contributed by atoms with Crippen molar-refractivity contribution in [3.8, 4) is 0 Å². The van der Waals surface area contributed by atoms with E-state index < -0.39 is 15.8 Å². The van der Waals surface area contributed by atoms with E-state index in [1.165, 1.54) is 12.1 Å². The summed E-state index contributed by atoms with van der Waals surface area (Å²) in [5, 5.41) is 11.6. The van der Waals surface area contributed by atoms with Crippen LogP contribution >= 0.6 is 0 Å². The highest BCUT2D eigenvalue weighted by molar-refractivity contribution is 7.89. The van der Waals surface area contributed by atoms with E-state index in [9.17, 15) is 12.8 Å². The van der Waals surface area contributed by atoms with Gasteiger partial charge in [0.25, 0.3) is 0 Å². The third-order valence-corrected chi connectivity index (χ3v) is 3.82. The van der Waals surface area contributed by atoms with Gasteiger partial charge in [-0.2, -0.15) is 0 Å². The molecular weight excluding hydrogens is 285 g/mol. The number of halogens is 1. The van der Waals surface area contributed by atoms with Crippen molar-refractivity contribution < 1.29 is 17.3 Å². The number of aryl methyl sites for hydroxylation is 2. The molecule has 0 amide bonds. The number of nitrogens with zero attached hydrogens (tertiary/aromatic N) is 1. The number of sulfonamides is 1. The molecule has 1 heterocycles. The molecule has 0 aliphatic rings. The second-order valence-corrected chi connectivity index (χ2v) is 5.90. The maximum atomic E-state index is 13.8. The summed E-state index contributed by atoms with van der Waals surface area (Å²) in [7, 11) is -3.91. The van der Waals surface area contributed by atoms with Gasteiger partial charge in [-0.3, -0.25) is 0 Å². The van der Waals surface area contributed by atoms with Crippen LogP contribution in [0, 0.1) is 19.7 Å². The molecule has 0 fully saturated rings. The van der Waals surface area contributed by atoms with Crippen LogP contribution < -0.4 is 10.5 Å². The smallest absolute Gasteiger partial charge is 0.238 e. The summed E-state index contributed by atoms with van der Waals surface area (Å²) >= 11 is 0. The Labute approximate surface area is 115 Å². The lowest BCUT2D eigenvalue weighted by atomic mass is 10.2. The maximum absolute atomic E-state index is 13.8. The van der Waals surface area contributed by atoms with E-state index in [2.05, 4.69) is 10.5 Å². The minimum absolute atomic E-state index is 0.178. The minimum atomic E-state index is -3.91. The molecule has 3 N–H and O–H groups in total. The summed E-state index contributed by atoms with van der Waals surface area (Å²) in [4.78, 5) is -0.266. The Balaban J connectivity index is 2.19. The van der Waals surface area contributed by atoms with Gasteiger partial charge < -0.3 is 9.84 Å². The molecule has 0 atom stereocenters. The Kier molecular flexibility index (Phi) is 3.78. The van der Waals surface area contributed by atoms with Crippen LogP contribution in [0.25, 0.3) is 0 Å². The highest BCUT2D eigenvalue weighted by atomic mass is 32.2. The normalized spacial score (nSPS) is 11.6. The Bertz CT molecular complexity index is 721. The maximum Gasteiger partial charge on any atom is 0.238 e. The molecule has 20 heavy (non-hydrogen) atoms. The van der Waals surface area contributed by atoms with Crippen LogP contribution in [0.5, 0.6) is 0 Å². The third-order valence-electron chi connectivity index (χ3n) is 2.91. The van der Waals surface area contributed by atoms with Crippen molar-refractivity contribution in [1.82, 2.24) is 5.16 Å². The van der Waals surface area contributed by atoms with Crippen molar-refractivity contribution in [2.24, 2.45) is 5.14 Å². The number of hydrogen-bond donors (Lipinski definition) is 2. The predicted octanol–water partition coefficient (Wildman–Crippen LogP) is 1.69. The molecule has 2 aromatic rings. The van der Waals surface area contributed by atoms with Crippen LogP contribution in [0.4, 0.5) is 10.1 Å². The largest absolute Gasteiger partial charge is 0.378 e. The average Bonchev–Trinajstić information content (AvgIpc) is 2.67. The standard InChI is InChI=1S/C12H14FN3O3S/c1-7-10(8(2)19-16-7)6-15-12-4-3-9(5-11(12)13)20(14,17)18/h3-5,15H,6H2,1-2H3,(H2,14,17,18). The molecule has 0 saturated heterocycles. The van der Waals surface area contributed by atoms with Gasteiger partial charge in [0.05, 0.1) is 16.3 Å². The molecule has 0 saturated carbocycles. The number of hydrogen-bond acceptors (Lipinski definition) is 5. The predicted molar refractivity (Wildman–Crippen MR) is 71.1 cm³/mol. The molecule has 8 heteroatoms. The van der Waals surface area contributed by atoms with Crippen LogP contribution in [-0.2, 0) is 16.6 Å². The van der Waals surface area contributed by atoms with Crippen LogP contribution in [0.2, 0.25) is 0 Å². The van der Waals surface area contributed by atoms with Crippen molar-refractivity contribution in [2.75, 3.05) is 5.32 Å². The molecule has 0 spiro atoms. The Morgan fingerprint density at radius 2 is 2.10 bits per heavy atom. The first kappa shape index (κ1) is 14.5. The van der Waals surface area contributed by atoms with Gasteiger partial charge in [-0.05, 0) is 32.0 Å². The van der Waals surface area contributed by atoms with E-state index in [0.29, 0.717) is 12.3 Å². The van der Waals surface area contributed by atoms with Gasteiger partial charge in [0.1, 0.15) is 11.6 Å². The van der Waals surface area contributed by atoms with E-state index in [0.717, 1.165) is 17.3 Å². The van der Waals surface area contributed by atoms with E-state index in [4.69, 9.17) is 9.66 Å². The number of benzene rings is 1. The van der Waals surface area contributed by atoms with E-state index >= 15 is 0 Å². The topological polar surface area (TPSA) is 98.2 Å². The zero-order valence-electron chi connectivity index (χ0n) is 11.0. The van der Waals surface area contributed by atoms with E-state index in [-0.39, 0.29) is 10.6 Å². The number of nitrogens with one attached hydrogen (secondary N) is 1. The highest BCUT2D eigenvalue weighted by Crippen LogP contribution is 2.20. The molecule has 0 bridgehead atoms. The summed E-state index contributed by atoms with van der Waals surface area (Å²) in [6, 6.07) is 3.45. The van der Waals surface area contributed by atoms with Gasteiger partial charge in [-0.25, -0.2) is 17.9 Å². The summed E-state index contributed by atoms with van der Waals surface area (Å²) in [6.07, 6.45) is 0. The van der Waals surface area contributed by atoms with Gasteiger partial charge in [-0.1, -0.05) is 5.16 Å². The van der Waals surface area contributed by atoms with Crippen molar-refractivity contribution in [3.63, 3.8) is 0 Å². The number of aromatic nitrogens is 1. The number of nitrogens with two attached hydrogens (primary N) is 1. The second-order valence-electron chi connectivity index (χ2n) is 4.34. The first-order chi connectivity index (χ1) is 9.29. The van der Waals surface area contributed by atoms with Gasteiger partial charge in [0, 0.05) is 12.1 Å². The number of primary sulfonamides is 1. The zero-order chi connectivity index (χ0) is 14.9. The number of rotatable bonds is 4. The Hall–Kier alpha value is -1.93. The fraction of sp³-hybridized carbons (Fsp3) is 0.250. The van der Waals surface area contributed by atoms with Crippen molar-refractivity contribution in [3.05, 3.63) is 41.0 Å². The fourth-order valence-corrected chi connectivity index (χ4v) is 2.28. The number of anilines is 1. The van der Waals surface area contributed by atoms with Crippen LogP contribution in [0.3, 0.4) is 0 Å². The van der Waals surface area contributed by atoms with E-state index in [1.807, 2.05) is 0 Å². The van der Waals surface area contributed by atoms with Crippen molar-refractivity contribution >= 4 is 15.7 Å². The van der Waals surface area contributed by atoms with Gasteiger partial charge in [0.15, 0.2) is 0 Å². The fourth-order valence-electron chi connectivity index (χ4n) is 1.75. The zero-order valence-corrected chi connectivity index (χ0v) is 11.8. The molecule has 0 aliphatic heterocycles. The van der Waals surface area contributed by atoms with Crippen molar-refractivity contribution in [2.45, 2.75) is 25.3 Å².